The van der Waals surface area contributed by atoms with Gasteiger partial charge >= 0.3 is 5.97 Å². The van der Waals surface area contributed by atoms with E-state index >= 15 is 0 Å². The van der Waals surface area contributed by atoms with Crippen molar-refractivity contribution in [2.75, 3.05) is 5.75 Å². The third kappa shape index (κ3) is 4.35. The number of rotatable bonds is 6. The molecule has 1 aliphatic rings. The van der Waals surface area contributed by atoms with Gasteiger partial charge in [0, 0.05) is 6.04 Å². The van der Waals surface area contributed by atoms with Crippen molar-refractivity contribution in [1.29, 1.82) is 0 Å². The zero-order valence-corrected chi connectivity index (χ0v) is 14.8. The number of esters is 1. The first-order valence-corrected chi connectivity index (χ1v) is 9.83. The van der Waals surface area contributed by atoms with Crippen LogP contribution in [0.1, 0.15) is 49.9 Å². The van der Waals surface area contributed by atoms with E-state index in [0.717, 1.165) is 25.7 Å². The number of carbonyl (C=O) groups excluding carboxylic acids is 2. The predicted molar refractivity (Wildman–Crippen MR) is 89.4 cm³/mol. The van der Waals surface area contributed by atoms with E-state index in [1.807, 2.05) is 0 Å². The molecule has 2 rings (SSSR count). The highest BCUT2D eigenvalue weighted by Crippen LogP contribution is 2.20. The summed E-state index contributed by atoms with van der Waals surface area (Å²) in [4.78, 5) is 24.3. The lowest BCUT2D eigenvalue weighted by molar-refractivity contribution is -0.129. The summed E-state index contributed by atoms with van der Waals surface area (Å²) in [7, 11) is -3.55. The van der Waals surface area contributed by atoms with Crippen LogP contribution in [0.2, 0.25) is 0 Å². The van der Waals surface area contributed by atoms with E-state index in [2.05, 4.69) is 5.32 Å². The number of benzene rings is 1. The molecule has 1 aromatic carbocycles. The molecule has 0 aliphatic heterocycles. The molecule has 0 saturated heterocycles. The molecule has 1 atom stereocenters. The third-order valence-corrected chi connectivity index (χ3v) is 5.96. The molecule has 0 heterocycles. The lowest BCUT2D eigenvalue weighted by Gasteiger charge is -2.17. The highest BCUT2D eigenvalue weighted by molar-refractivity contribution is 7.91. The van der Waals surface area contributed by atoms with Gasteiger partial charge in [0.2, 0.25) is 0 Å². The topological polar surface area (TPSA) is 89.5 Å². The average Bonchev–Trinajstić information content (AvgIpc) is 3.07. The van der Waals surface area contributed by atoms with Gasteiger partial charge in [-0.25, -0.2) is 13.2 Å². The molecule has 1 fully saturated rings. The summed E-state index contributed by atoms with van der Waals surface area (Å²) in [6.45, 7) is 2.99. The minimum absolute atomic E-state index is 0.0418. The lowest BCUT2D eigenvalue weighted by atomic mass is 10.2. The van der Waals surface area contributed by atoms with Crippen molar-refractivity contribution in [3.05, 3.63) is 29.8 Å². The van der Waals surface area contributed by atoms with Gasteiger partial charge in [0.1, 0.15) is 0 Å². The summed E-state index contributed by atoms with van der Waals surface area (Å²) < 4.78 is 29.4. The van der Waals surface area contributed by atoms with Crippen LogP contribution in [0, 0.1) is 0 Å². The van der Waals surface area contributed by atoms with Gasteiger partial charge in [-0.05, 0) is 31.9 Å². The Morgan fingerprint density at radius 2 is 1.88 bits per heavy atom. The van der Waals surface area contributed by atoms with Crippen molar-refractivity contribution < 1.29 is 22.7 Å². The van der Waals surface area contributed by atoms with Gasteiger partial charge < -0.3 is 10.1 Å². The second-order valence-corrected chi connectivity index (χ2v) is 8.18. The molecule has 0 bridgehead atoms. The van der Waals surface area contributed by atoms with Crippen LogP contribution in [-0.2, 0) is 19.4 Å². The molecule has 1 amide bonds. The monoisotopic (exact) mass is 353 g/mol. The van der Waals surface area contributed by atoms with E-state index < -0.39 is 21.9 Å². The molecule has 7 heteroatoms. The second kappa shape index (κ2) is 7.79. The van der Waals surface area contributed by atoms with Gasteiger partial charge in [-0.1, -0.05) is 31.9 Å². The van der Waals surface area contributed by atoms with Crippen molar-refractivity contribution >= 4 is 21.7 Å². The van der Waals surface area contributed by atoms with Gasteiger partial charge in [-0.3, -0.25) is 4.79 Å². The summed E-state index contributed by atoms with van der Waals surface area (Å²) in [5.74, 6) is -1.28. The lowest BCUT2D eigenvalue weighted by Crippen LogP contribution is -2.41. The van der Waals surface area contributed by atoms with E-state index in [4.69, 9.17) is 4.74 Å². The molecule has 0 aromatic heterocycles. The first-order valence-electron chi connectivity index (χ1n) is 8.18. The molecule has 1 aliphatic carbocycles. The van der Waals surface area contributed by atoms with Gasteiger partial charge in [-0.15, -0.1) is 0 Å². The Morgan fingerprint density at radius 1 is 1.25 bits per heavy atom. The number of nitrogens with one attached hydrogen (secondary N) is 1. The standard InChI is InChI=1S/C17H23NO5S/c1-3-24(21,22)15-11-7-6-10-14(15)17(20)23-12(2)16(19)18-13-8-4-5-9-13/h6-7,10-13H,3-5,8-9H2,1-2H3,(H,18,19)/t12-/m1/s1. The number of hydrogen-bond donors (Lipinski definition) is 1. The normalized spacial score (nSPS) is 16.6. The minimum atomic E-state index is -3.55. The number of sulfone groups is 1. The summed E-state index contributed by atoms with van der Waals surface area (Å²) in [6.07, 6.45) is 3.06. The maximum atomic E-state index is 12.3. The van der Waals surface area contributed by atoms with Crippen LogP contribution in [0.15, 0.2) is 29.2 Å². The van der Waals surface area contributed by atoms with Crippen LogP contribution in [0.4, 0.5) is 0 Å². The smallest absolute Gasteiger partial charge is 0.340 e. The SMILES string of the molecule is CCS(=O)(=O)c1ccccc1C(=O)O[C@H](C)C(=O)NC1CCCC1. The molecule has 0 radical (unpaired) electrons. The molecule has 1 aromatic rings. The van der Waals surface area contributed by atoms with Crippen molar-refractivity contribution in [3.63, 3.8) is 0 Å². The Hall–Kier alpha value is -1.89. The van der Waals surface area contributed by atoms with Crippen molar-refractivity contribution in [2.24, 2.45) is 0 Å². The third-order valence-electron chi connectivity index (χ3n) is 4.18. The van der Waals surface area contributed by atoms with E-state index in [1.54, 1.807) is 12.1 Å². The Labute approximate surface area is 142 Å². The molecule has 1 saturated carbocycles. The average molecular weight is 353 g/mol. The molecule has 6 nitrogen and oxygen atoms in total. The predicted octanol–water partition coefficient (Wildman–Crippen LogP) is 2.08. The Kier molecular flexibility index (Phi) is 5.99. The zero-order valence-electron chi connectivity index (χ0n) is 13.9. The molecular formula is C17H23NO5S. The van der Waals surface area contributed by atoms with Crippen molar-refractivity contribution in [2.45, 2.75) is 56.6 Å². The van der Waals surface area contributed by atoms with E-state index in [0.29, 0.717) is 0 Å². The van der Waals surface area contributed by atoms with E-state index in [1.165, 1.54) is 26.0 Å². The quantitative estimate of drug-likeness (QED) is 0.791. The summed E-state index contributed by atoms with van der Waals surface area (Å²) >= 11 is 0. The Balaban J connectivity index is 2.08. The molecule has 132 valence electrons. The number of carbonyl (C=O) groups is 2. The fourth-order valence-electron chi connectivity index (χ4n) is 2.73. The first kappa shape index (κ1) is 18.4. The fraction of sp³-hybridized carbons (Fsp3) is 0.529. The molecular weight excluding hydrogens is 330 g/mol. The number of hydrogen-bond acceptors (Lipinski definition) is 5. The second-order valence-electron chi connectivity index (χ2n) is 5.94. The summed E-state index contributed by atoms with van der Waals surface area (Å²) in [5, 5.41) is 2.86. The van der Waals surface area contributed by atoms with Crippen LogP contribution in [0.25, 0.3) is 0 Å². The van der Waals surface area contributed by atoms with Crippen molar-refractivity contribution in [1.82, 2.24) is 5.32 Å². The molecule has 0 unspecified atom stereocenters. The maximum Gasteiger partial charge on any atom is 0.340 e. The fourth-order valence-corrected chi connectivity index (χ4v) is 3.81. The van der Waals surface area contributed by atoms with Gasteiger partial charge in [-0.2, -0.15) is 0 Å². The maximum absolute atomic E-state index is 12.3. The van der Waals surface area contributed by atoms with Crippen LogP contribution < -0.4 is 5.32 Å². The van der Waals surface area contributed by atoms with Crippen LogP contribution in [-0.4, -0.2) is 38.2 Å². The summed E-state index contributed by atoms with van der Waals surface area (Å²) in [6, 6.07) is 6.02. The zero-order chi connectivity index (χ0) is 17.7. The largest absolute Gasteiger partial charge is 0.449 e. The summed E-state index contributed by atoms with van der Waals surface area (Å²) in [5.41, 5.74) is -0.0418. The number of ether oxygens (including phenoxy) is 1. The number of amides is 1. The van der Waals surface area contributed by atoms with Gasteiger partial charge in [0.25, 0.3) is 5.91 Å². The Morgan fingerprint density at radius 3 is 2.50 bits per heavy atom. The minimum Gasteiger partial charge on any atom is -0.449 e. The Bertz CT molecular complexity index is 707. The molecule has 0 spiro atoms. The molecule has 1 N–H and O–H groups in total. The van der Waals surface area contributed by atoms with Gasteiger partial charge in [0.15, 0.2) is 15.9 Å². The highest BCUT2D eigenvalue weighted by Gasteiger charge is 2.26. The van der Waals surface area contributed by atoms with Gasteiger partial charge in [0.05, 0.1) is 16.2 Å². The van der Waals surface area contributed by atoms with Crippen molar-refractivity contribution in [3.8, 4) is 0 Å². The van der Waals surface area contributed by atoms with E-state index in [9.17, 15) is 18.0 Å². The van der Waals surface area contributed by atoms with E-state index in [-0.39, 0.29) is 28.2 Å². The van der Waals surface area contributed by atoms with Crippen LogP contribution >= 0.6 is 0 Å². The van der Waals surface area contributed by atoms with Crippen LogP contribution in [0.5, 0.6) is 0 Å². The molecule has 24 heavy (non-hydrogen) atoms. The first-order chi connectivity index (χ1) is 11.3. The highest BCUT2D eigenvalue weighted by atomic mass is 32.2. The van der Waals surface area contributed by atoms with Crippen LogP contribution in [0.3, 0.4) is 0 Å².